The Bertz CT molecular complexity index is 1030. The molecule has 1 fully saturated rings. The Morgan fingerprint density at radius 1 is 1.31 bits per heavy atom. The van der Waals surface area contributed by atoms with Gasteiger partial charge in [-0.3, -0.25) is 13.9 Å². The van der Waals surface area contributed by atoms with Crippen LogP contribution in [-0.4, -0.2) is 38.1 Å². The van der Waals surface area contributed by atoms with E-state index in [0.29, 0.717) is 60.2 Å². The van der Waals surface area contributed by atoms with Crippen LogP contribution in [0.3, 0.4) is 0 Å². The Balaban J connectivity index is 1.74. The van der Waals surface area contributed by atoms with Crippen LogP contribution in [0.5, 0.6) is 0 Å². The van der Waals surface area contributed by atoms with Crippen LogP contribution in [0.25, 0.3) is 22.2 Å². The number of fused-ring (bicyclic) bond motifs is 1. The number of carbonyl (C=O) groups excluding carboxylic acids is 1. The largest absolute Gasteiger partial charge is 0.459 e. The number of carbonyl (C=O) groups is 1. The predicted octanol–water partition coefficient (Wildman–Crippen LogP) is 4.69. The summed E-state index contributed by atoms with van der Waals surface area (Å²) in [7, 11) is -2.45. The first-order valence-corrected chi connectivity index (χ1v) is 11.6. The normalized spacial score (nSPS) is 18.2. The molecule has 156 valence electrons. The molecule has 0 spiro atoms. The van der Waals surface area contributed by atoms with Crippen LogP contribution in [0, 0.1) is 0 Å². The van der Waals surface area contributed by atoms with Crippen LogP contribution in [-0.2, 0) is 11.3 Å². The molecule has 3 aromatic rings. The number of aromatic amines is 1. The van der Waals surface area contributed by atoms with E-state index < -0.39 is 16.5 Å². The number of aromatic nitrogens is 1. The molecule has 1 aliphatic rings. The van der Waals surface area contributed by atoms with Gasteiger partial charge >= 0.3 is 0 Å². The Labute approximate surface area is 170 Å². The fourth-order valence-corrected chi connectivity index (χ4v) is 5.49. The average molecular weight is 419 g/mol. The molecule has 29 heavy (non-hydrogen) atoms. The first-order chi connectivity index (χ1) is 13.9. The van der Waals surface area contributed by atoms with Crippen LogP contribution >= 0.6 is 10.6 Å². The SMILES string of the molecule is CCOCc1ccc(-c2cc(C(N)=O)c3[nH]cc(C4CCS(O)(O)CC4)c3c2)o1. The van der Waals surface area contributed by atoms with Gasteiger partial charge in [0.1, 0.15) is 18.1 Å². The summed E-state index contributed by atoms with van der Waals surface area (Å²) >= 11 is 0. The van der Waals surface area contributed by atoms with Crippen molar-refractivity contribution in [2.45, 2.75) is 32.3 Å². The Morgan fingerprint density at radius 2 is 2.07 bits per heavy atom. The molecule has 1 aliphatic heterocycles. The summed E-state index contributed by atoms with van der Waals surface area (Å²) in [6, 6.07) is 7.47. The van der Waals surface area contributed by atoms with E-state index in [-0.39, 0.29) is 5.92 Å². The lowest BCUT2D eigenvalue weighted by Crippen LogP contribution is -2.19. The molecule has 0 unspecified atom stereocenters. The van der Waals surface area contributed by atoms with Gasteiger partial charge in [-0.15, -0.1) is 0 Å². The van der Waals surface area contributed by atoms with Crippen molar-refractivity contribution in [2.75, 3.05) is 18.1 Å². The second-order valence-corrected chi connectivity index (χ2v) is 9.86. The quantitative estimate of drug-likeness (QED) is 0.462. The van der Waals surface area contributed by atoms with Crippen molar-refractivity contribution in [1.29, 1.82) is 0 Å². The fraction of sp³-hybridized carbons (Fsp3) is 0.381. The summed E-state index contributed by atoms with van der Waals surface area (Å²) in [4.78, 5) is 15.3. The maximum absolute atomic E-state index is 12.1. The second-order valence-electron chi connectivity index (χ2n) is 7.44. The van der Waals surface area contributed by atoms with E-state index in [1.165, 1.54) is 0 Å². The van der Waals surface area contributed by atoms with Gasteiger partial charge in [-0.1, -0.05) is 0 Å². The Hall–Kier alpha value is -2.26. The average Bonchev–Trinajstić information content (AvgIpc) is 3.32. The van der Waals surface area contributed by atoms with E-state index in [1.54, 1.807) is 6.07 Å². The molecular formula is C21H26N2O5S. The van der Waals surface area contributed by atoms with Gasteiger partial charge in [-0.2, -0.15) is 10.6 Å². The zero-order valence-electron chi connectivity index (χ0n) is 16.3. The minimum Gasteiger partial charge on any atom is -0.459 e. The van der Waals surface area contributed by atoms with Crippen molar-refractivity contribution in [1.82, 2.24) is 4.98 Å². The highest BCUT2D eigenvalue weighted by molar-refractivity contribution is 8.24. The molecule has 0 aliphatic carbocycles. The van der Waals surface area contributed by atoms with E-state index in [9.17, 15) is 13.9 Å². The van der Waals surface area contributed by atoms with E-state index >= 15 is 0 Å². The van der Waals surface area contributed by atoms with Crippen molar-refractivity contribution < 1.29 is 23.1 Å². The lowest BCUT2D eigenvalue weighted by molar-refractivity contribution is 0.100. The third-order valence-corrected chi connectivity index (χ3v) is 7.29. The highest BCUT2D eigenvalue weighted by atomic mass is 32.3. The monoisotopic (exact) mass is 418 g/mol. The molecule has 0 bridgehead atoms. The van der Waals surface area contributed by atoms with Crippen molar-refractivity contribution in [3.8, 4) is 11.3 Å². The summed E-state index contributed by atoms with van der Waals surface area (Å²) in [5.41, 5.74) is 8.60. The molecule has 4 rings (SSSR count). The van der Waals surface area contributed by atoms with Crippen LogP contribution in [0.15, 0.2) is 34.9 Å². The fourth-order valence-electron chi connectivity index (χ4n) is 3.96. The predicted molar refractivity (Wildman–Crippen MR) is 114 cm³/mol. The van der Waals surface area contributed by atoms with Gasteiger partial charge in [-0.05, 0) is 55.5 Å². The molecule has 8 heteroatoms. The minimum atomic E-state index is -2.45. The molecule has 5 N–H and O–H groups in total. The zero-order valence-corrected chi connectivity index (χ0v) is 17.1. The van der Waals surface area contributed by atoms with Crippen LogP contribution in [0.4, 0.5) is 0 Å². The van der Waals surface area contributed by atoms with Crippen LogP contribution < -0.4 is 5.73 Å². The van der Waals surface area contributed by atoms with Gasteiger partial charge in [0.15, 0.2) is 0 Å². The van der Waals surface area contributed by atoms with Gasteiger partial charge in [0, 0.05) is 35.3 Å². The minimum absolute atomic E-state index is 0.199. The number of ether oxygens (including phenoxy) is 1. The molecule has 3 heterocycles. The first kappa shape index (κ1) is 20.0. The third-order valence-electron chi connectivity index (χ3n) is 5.51. The van der Waals surface area contributed by atoms with Gasteiger partial charge < -0.3 is 19.9 Å². The maximum atomic E-state index is 12.1. The van der Waals surface area contributed by atoms with E-state index in [2.05, 4.69) is 4.98 Å². The van der Waals surface area contributed by atoms with E-state index in [0.717, 1.165) is 16.5 Å². The van der Waals surface area contributed by atoms with E-state index in [1.807, 2.05) is 31.3 Å². The second kappa shape index (κ2) is 7.87. The highest BCUT2D eigenvalue weighted by Crippen LogP contribution is 2.49. The topological polar surface area (TPSA) is 122 Å². The summed E-state index contributed by atoms with van der Waals surface area (Å²) in [6.07, 6.45) is 3.31. The number of rotatable bonds is 6. The number of nitrogens with two attached hydrogens (primary N) is 1. The summed E-state index contributed by atoms with van der Waals surface area (Å²) in [5.74, 6) is 1.87. The number of nitrogens with one attached hydrogen (secondary N) is 1. The summed E-state index contributed by atoms with van der Waals surface area (Å²) in [5, 5.41) is 0.919. The van der Waals surface area contributed by atoms with Crippen molar-refractivity contribution in [3.05, 3.63) is 47.3 Å². The van der Waals surface area contributed by atoms with Crippen LogP contribution in [0.2, 0.25) is 0 Å². The molecule has 2 aromatic heterocycles. The van der Waals surface area contributed by atoms with E-state index in [4.69, 9.17) is 14.9 Å². The zero-order chi connectivity index (χ0) is 20.6. The number of benzene rings is 1. The lowest BCUT2D eigenvalue weighted by atomic mass is 9.91. The first-order valence-electron chi connectivity index (χ1n) is 9.73. The molecule has 1 saturated heterocycles. The number of hydrogen-bond donors (Lipinski definition) is 4. The number of amides is 1. The molecule has 0 saturated carbocycles. The van der Waals surface area contributed by atoms with Gasteiger partial charge in [-0.25, -0.2) is 0 Å². The van der Waals surface area contributed by atoms with Crippen molar-refractivity contribution >= 4 is 27.4 Å². The highest BCUT2D eigenvalue weighted by Gasteiger charge is 2.27. The molecule has 1 aromatic carbocycles. The molecular weight excluding hydrogens is 392 g/mol. The molecule has 0 atom stereocenters. The van der Waals surface area contributed by atoms with Crippen molar-refractivity contribution in [2.24, 2.45) is 5.73 Å². The summed E-state index contributed by atoms with van der Waals surface area (Å²) < 4.78 is 31.1. The number of H-pyrrole nitrogens is 1. The molecule has 7 nitrogen and oxygen atoms in total. The Kier molecular flexibility index (Phi) is 5.44. The lowest BCUT2D eigenvalue weighted by Gasteiger charge is -2.39. The van der Waals surface area contributed by atoms with Crippen molar-refractivity contribution in [3.63, 3.8) is 0 Å². The number of primary amides is 1. The smallest absolute Gasteiger partial charge is 0.250 e. The van der Waals surface area contributed by atoms with Crippen LogP contribution in [0.1, 0.15) is 47.4 Å². The standard InChI is InChI=1S/C21H26N2O5S/c1-2-27-12-15-3-4-19(28-15)14-9-16-18(13-5-7-29(25,26)8-6-13)11-23-20(16)17(10-14)21(22)24/h3-4,9-11,13,23,25-26H,2,5-8,12H2,1H3,(H2,22,24). The summed E-state index contributed by atoms with van der Waals surface area (Å²) in [6.45, 7) is 2.92. The van der Waals surface area contributed by atoms with Gasteiger partial charge in [0.2, 0.25) is 0 Å². The number of furan rings is 1. The van der Waals surface area contributed by atoms with Gasteiger partial charge in [0.05, 0.1) is 11.1 Å². The molecule has 1 amide bonds. The number of hydrogen-bond acceptors (Lipinski definition) is 5. The Morgan fingerprint density at radius 3 is 2.76 bits per heavy atom. The molecule has 0 radical (unpaired) electrons. The van der Waals surface area contributed by atoms with Gasteiger partial charge in [0.25, 0.3) is 5.91 Å². The maximum Gasteiger partial charge on any atom is 0.250 e. The third kappa shape index (κ3) is 4.06.